The number of hydrogen-bond donors (Lipinski definition) is 1. The summed E-state index contributed by atoms with van der Waals surface area (Å²) in [4.78, 5) is 17.9. The zero-order valence-corrected chi connectivity index (χ0v) is 15.9. The molecule has 0 aliphatic carbocycles. The Balaban J connectivity index is 1.36. The van der Waals surface area contributed by atoms with E-state index in [1.165, 1.54) is 11.3 Å². The lowest BCUT2D eigenvalue weighted by Gasteiger charge is -2.09. The third kappa shape index (κ3) is 4.42. The van der Waals surface area contributed by atoms with Crippen LogP contribution in [0.1, 0.15) is 10.5 Å². The van der Waals surface area contributed by atoms with Crippen LogP contribution >= 0.6 is 22.7 Å². The topological polar surface area (TPSA) is 69.0 Å². The Morgan fingerprint density at radius 3 is 2.96 bits per heavy atom. The number of hydrogen-bond acceptors (Lipinski definition) is 6. The first-order valence-electron chi connectivity index (χ1n) is 8.29. The summed E-state index contributed by atoms with van der Waals surface area (Å²) in [6.45, 7) is 1.16. The van der Waals surface area contributed by atoms with Gasteiger partial charge in [-0.05, 0) is 29.6 Å². The van der Waals surface area contributed by atoms with E-state index in [0.717, 1.165) is 9.88 Å². The molecule has 8 heteroatoms. The van der Waals surface area contributed by atoms with Crippen molar-refractivity contribution >= 4 is 34.3 Å². The second-order valence-electron chi connectivity index (χ2n) is 5.61. The predicted molar refractivity (Wildman–Crippen MR) is 108 cm³/mol. The molecule has 6 nitrogen and oxygen atoms in total. The highest BCUT2D eigenvalue weighted by molar-refractivity contribution is 7.20. The van der Waals surface area contributed by atoms with Crippen molar-refractivity contribution in [2.24, 2.45) is 0 Å². The number of aromatic nitrogens is 3. The number of thiazole rings is 1. The van der Waals surface area contributed by atoms with Crippen LogP contribution in [0, 0.1) is 0 Å². The van der Waals surface area contributed by atoms with E-state index >= 15 is 0 Å². The average Bonchev–Trinajstić information content (AvgIpc) is 3.43. The van der Waals surface area contributed by atoms with Gasteiger partial charge < -0.3 is 10.1 Å². The smallest absolute Gasteiger partial charge is 0.275 e. The van der Waals surface area contributed by atoms with E-state index < -0.39 is 0 Å². The Kier molecular flexibility index (Phi) is 5.27. The van der Waals surface area contributed by atoms with E-state index in [1.807, 2.05) is 48.0 Å². The summed E-state index contributed by atoms with van der Waals surface area (Å²) >= 11 is 3.07. The maximum absolute atomic E-state index is 12.5. The number of ether oxygens (including phenoxy) is 1. The molecule has 3 aromatic heterocycles. The Hall–Kier alpha value is -2.97. The minimum Gasteiger partial charge on any atom is -0.492 e. The number of nitrogens with zero attached hydrogens (tertiary/aromatic N) is 3. The first-order chi connectivity index (χ1) is 13.3. The Bertz CT molecular complexity index is 1010. The highest BCUT2D eigenvalue weighted by Crippen LogP contribution is 2.28. The van der Waals surface area contributed by atoms with Crippen LogP contribution in [-0.4, -0.2) is 27.3 Å². The summed E-state index contributed by atoms with van der Waals surface area (Å²) in [6, 6.07) is 13.2. The van der Waals surface area contributed by atoms with Crippen LogP contribution in [0.2, 0.25) is 0 Å². The number of benzene rings is 1. The Morgan fingerprint density at radius 1 is 1.19 bits per heavy atom. The van der Waals surface area contributed by atoms with Crippen LogP contribution in [0.3, 0.4) is 0 Å². The normalized spacial score (nSPS) is 10.7. The highest BCUT2D eigenvalue weighted by Gasteiger charge is 2.13. The van der Waals surface area contributed by atoms with Crippen molar-refractivity contribution in [1.29, 1.82) is 0 Å². The number of amides is 1. The summed E-state index contributed by atoms with van der Waals surface area (Å²) in [6.07, 6.45) is 3.62. The molecule has 1 aromatic carbocycles. The molecule has 4 aromatic rings. The number of rotatable bonds is 7. The van der Waals surface area contributed by atoms with Crippen molar-refractivity contribution < 1.29 is 9.53 Å². The summed E-state index contributed by atoms with van der Waals surface area (Å²) in [5, 5.41) is 11.6. The van der Waals surface area contributed by atoms with E-state index in [4.69, 9.17) is 4.74 Å². The van der Waals surface area contributed by atoms with Gasteiger partial charge in [0.2, 0.25) is 0 Å². The van der Waals surface area contributed by atoms with Crippen molar-refractivity contribution in [3.8, 4) is 15.6 Å². The van der Waals surface area contributed by atoms with Gasteiger partial charge in [0.05, 0.1) is 11.4 Å². The number of nitrogens with one attached hydrogen (secondary N) is 1. The lowest BCUT2D eigenvalue weighted by Crippen LogP contribution is -2.12. The first kappa shape index (κ1) is 17.4. The average molecular weight is 396 g/mol. The molecule has 0 spiro atoms. The maximum atomic E-state index is 12.5. The summed E-state index contributed by atoms with van der Waals surface area (Å²) in [7, 11) is 0. The maximum Gasteiger partial charge on any atom is 0.275 e. The molecule has 0 aliphatic heterocycles. The second kappa shape index (κ2) is 8.15. The van der Waals surface area contributed by atoms with Crippen molar-refractivity contribution in [2.75, 3.05) is 11.9 Å². The molecular formula is C19H16N4O2S2. The van der Waals surface area contributed by atoms with Gasteiger partial charge in [-0.15, -0.1) is 22.7 Å². The van der Waals surface area contributed by atoms with Gasteiger partial charge in [0.1, 0.15) is 23.1 Å². The number of anilines is 1. The molecule has 0 saturated heterocycles. The molecular weight excluding hydrogens is 380 g/mol. The van der Waals surface area contributed by atoms with Crippen molar-refractivity contribution in [3.63, 3.8) is 0 Å². The summed E-state index contributed by atoms with van der Waals surface area (Å²) in [5.74, 6) is 0.459. The standard InChI is InChI=1S/C19H16N4O2S2/c24-18(16-13-27-19(22-16)17-6-2-11-26-17)21-14-4-1-5-15(12-14)25-10-9-23-8-3-7-20-23/h1-8,11-13H,9-10H2,(H,21,24). The molecule has 1 N–H and O–H groups in total. The van der Waals surface area contributed by atoms with Crippen LogP contribution < -0.4 is 10.1 Å². The van der Waals surface area contributed by atoms with Crippen molar-refractivity contribution in [3.05, 3.63) is 71.3 Å². The lowest BCUT2D eigenvalue weighted by molar-refractivity contribution is 0.102. The molecule has 0 fully saturated rings. The third-order valence-electron chi connectivity index (χ3n) is 3.71. The van der Waals surface area contributed by atoms with Gasteiger partial charge in [0.25, 0.3) is 5.91 Å². The number of carbonyl (C=O) groups excluding carboxylic acids is 1. The van der Waals surface area contributed by atoms with E-state index in [9.17, 15) is 4.79 Å². The van der Waals surface area contributed by atoms with Gasteiger partial charge in [0, 0.05) is 29.5 Å². The summed E-state index contributed by atoms with van der Waals surface area (Å²) < 4.78 is 7.54. The van der Waals surface area contributed by atoms with Crippen molar-refractivity contribution in [1.82, 2.24) is 14.8 Å². The van der Waals surface area contributed by atoms with E-state index in [-0.39, 0.29) is 5.91 Å². The third-order valence-corrected chi connectivity index (χ3v) is 5.59. The largest absolute Gasteiger partial charge is 0.492 e. The van der Waals surface area contributed by atoms with E-state index in [0.29, 0.717) is 30.3 Å². The Morgan fingerprint density at radius 2 is 2.15 bits per heavy atom. The SMILES string of the molecule is O=C(Nc1cccc(OCCn2cccn2)c1)c1csc(-c2cccs2)n1. The van der Waals surface area contributed by atoms with E-state index in [2.05, 4.69) is 15.4 Å². The van der Waals surface area contributed by atoms with Crippen LogP contribution in [0.4, 0.5) is 5.69 Å². The van der Waals surface area contributed by atoms with Crippen LogP contribution in [0.25, 0.3) is 9.88 Å². The van der Waals surface area contributed by atoms with Gasteiger partial charge in [-0.3, -0.25) is 9.48 Å². The fraction of sp³-hybridized carbons (Fsp3) is 0.105. The van der Waals surface area contributed by atoms with Crippen molar-refractivity contribution in [2.45, 2.75) is 6.54 Å². The predicted octanol–water partition coefficient (Wildman–Crippen LogP) is 4.40. The zero-order valence-electron chi connectivity index (χ0n) is 14.2. The molecule has 0 aliphatic rings. The molecule has 0 saturated carbocycles. The minimum atomic E-state index is -0.234. The zero-order chi connectivity index (χ0) is 18.5. The second-order valence-corrected chi connectivity index (χ2v) is 7.42. The number of thiophene rings is 1. The molecule has 4 rings (SSSR count). The minimum absolute atomic E-state index is 0.234. The fourth-order valence-corrected chi connectivity index (χ4v) is 4.05. The monoisotopic (exact) mass is 396 g/mol. The number of carbonyl (C=O) groups is 1. The van der Waals surface area contributed by atoms with Crippen LogP contribution in [0.15, 0.2) is 65.6 Å². The molecule has 0 atom stereocenters. The summed E-state index contributed by atoms with van der Waals surface area (Å²) in [5.41, 5.74) is 1.08. The van der Waals surface area contributed by atoms with Crippen LogP contribution in [-0.2, 0) is 6.54 Å². The lowest BCUT2D eigenvalue weighted by atomic mass is 10.3. The molecule has 136 valence electrons. The first-order valence-corrected chi connectivity index (χ1v) is 10.0. The van der Waals surface area contributed by atoms with Gasteiger partial charge >= 0.3 is 0 Å². The molecule has 1 amide bonds. The van der Waals surface area contributed by atoms with Crippen LogP contribution in [0.5, 0.6) is 5.75 Å². The van der Waals surface area contributed by atoms with Gasteiger partial charge in [-0.2, -0.15) is 5.10 Å². The van der Waals surface area contributed by atoms with Gasteiger partial charge in [-0.1, -0.05) is 12.1 Å². The highest BCUT2D eigenvalue weighted by atomic mass is 32.1. The molecule has 27 heavy (non-hydrogen) atoms. The van der Waals surface area contributed by atoms with Gasteiger partial charge in [-0.25, -0.2) is 4.98 Å². The molecule has 3 heterocycles. The van der Waals surface area contributed by atoms with E-state index in [1.54, 1.807) is 33.7 Å². The fourth-order valence-electron chi connectivity index (χ4n) is 2.44. The molecule has 0 bridgehead atoms. The van der Waals surface area contributed by atoms with Gasteiger partial charge in [0.15, 0.2) is 0 Å². The quantitative estimate of drug-likeness (QED) is 0.503. The molecule has 0 radical (unpaired) electrons. The Labute approximate surface area is 164 Å². The molecule has 0 unspecified atom stereocenters.